The fourth-order valence-electron chi connectivity index (χ4n) is 2.56. The molecule has 4 heteroatoms. The van der Waals surface area contributed by atoms with E-state index >= 15 is 0 Å². The standard InChI is InChI=1S/C13H23N3O/c1-13(6-3-2-4-7-13)14-10-12(17)11-16-9-5-8-15-16/h5,8-9,12,14,17H,2-4,6-7,10-11H2,1H3. The van der Waals surface area contributed by atoms with Crippen molar-refractivity contribution in [1.82, 2.24) is 15.1 Å². The number of aliphatic hydroxyl groups is 1. The van der Waals surface area contributed by atoms with Gasteiger partial charge in [0.2, 0.25) is 0 Å². The number of hydrogen-bond acceptors (Lipinski definition) is 3. The van der Waals surface area contributed by atoms with Gasteiger partial charge in [-0.1, -0.05) is 19.3 Å². The van der Waals surface area contributed by atoms with Crippen molar-refractivity contribution in [2.45, 2.75) is 57.2 Å². The van der Waals surface area contributed by atoms with Crippen molar-refractivity contribution < 1.29 is 5.11 Å². The zero-order valence-corrected chi connectivity index (χ0v) is 10.6. The molecule has 0 bridgehead atoms. The van der Waals surface area contributed by atoms with E-state index in [-0.39, 0.29) is 11.6 Å². The van der Waals surface area contributed by atoms with Crippen LogP contribution >= 0.6 is 0 Å². The molecule has 17 heavy (non-hydrogen) atoms. The summed E-state index contributed by atoms with van der Waals surface area (Å²) in [5.41, 5.74) is 0.226. The predicted octanol–water partition coefficient (Wildman–Crippen LogP) is 1.56. The highest BCUT2D eigenvalue weighted by molar-refractivity contribution is 4.87. The molecule has 96 valence electrons. The van der Waals surface area contributed by atoms with Crippen LogP contribution in [-0.4, -0.2) is 33.1 Å². The number of nitrogens with one attached hydrogen (secondary N) is 1. The van der Waals surface area contributed by atoms with Crippen LogP contribution in [0.15, 0.2) is 18.5 Å². The van der Waals surface area contributed by atoms with Crippen molar-refractivity contribution in [1.29, 1.82) is 0 Å². The predicted molar refractivity (Wildman–Crippen MR) is 67.7 cm³/mol. The van der Waals surface area contributed by atoms with Crippen molar-refractivity contribution >= 4 is 0 Å². The summed E-state index contributed by atoms with van der Waals surface area (Å²) in [7, 11) is 0. The number of nitrogens with zero attached hydrogens (tertiary/aromatic N) is 2. The van der Waals surface area contributed by atoms with Crippen molar-refractivity contribution in [3.05, 3.63) is 18.5 Å². The summed E-state index contributed by atoms with van der Waals surface area (Å²) in [6.45, 7) is 3.49. The molecule has 0 radical (unpaired) electrons. The Balaban J connectivity index is 1.73. The van der Waals surface area contributed by atoms with E-state index in [1.165, 1.54) is 32.1 Å². The zero-order valence-electron chi connectivity index (χ0n) is 10.6. The van der Waals surface area contributed by atoms with Crippen molar-refractivity contribution in [3.63, 3.8) is 0 Å². The normalized spacial score (nSPS) is 21.3. The summed E-state index contributed by atoms with van der Waals surface area (Å²) in [6.07, 6.45) is 9.66. The van der Waals surface area contributed by atoms with Crippen LogP contribution in [0.4, 0.5) is 0 Å². The Labute approximate surface area is 103 Å². The maximum Gasteiger partial charge on any atom is 0.0860 e. The molecule has 1 heterocycles. The third kappa shape index (κ3) is 3.82. The summed E-state index contributed by atoms with van der Waals surface area (Å²) < 4.78 is 1.77. The van der Waals surface area contributed by atoms with Crippen LogP contribution in [0.3, 0.4) is 0 Å². The molecule has 0 spiro atoms. The van der Waals surface area contributed by atoms with Gasteiger partial charge in [0.15, 0.2) is 0 Å². The Hall–Kier alpha value is -0.870. The SMILES string of the molecule is CC1(NCC(O)Cn2cccn2)CCCCC1. The third-order valence-electron chi connectivity index (χ3n) is 3.68. The Bertz CT molecular complexity index is 317. The van der Waals surface area contributed by atoms with Gasteiger partial charge < -0.3 is 10.4 Å². The van der Waals surface area contributed by atoms with Gasteiger partial charge in [0.05, 0.1) is 12.6 Å². The summed E-state index contributed by atoms with van der Waals surface area (Å²) in [5.74, 6) is 0. The molecule has 1 fully saturated rings. The highest BCUT2D eigenvalue weighted by atomic mass is 16.3. The van der Waals surface area contributed by atoms with E-state index in [0.717, 1.165) is 0 Å². The maximum absolute atomic E-state index is 9.94. The first-order chi connectivity index (χ1) is 8.18. The molecule has 1 aliphatic rings. The molecule has 1 atom stereocenters. The van der Waals surface area contributed by atoms with E-state index in [0.29, 0.717) is 13.1 Å². The lowest BCUT2D eigenvalue weighted by Crippen LogP contribution is -2.47. The minimum Gasteiger partial charge on any atom is -0.390 e. The minimum absolute atomic E-state index is 0.226. The van der Waals surface area contributed by atoms with Crippen LogP contribution < -0.4 is 5.32 Å². The number of aromatic nitrogens is 2. The first-order valence-electron chi connectivity index (χ1n) is 6.58. The molecule has 4 nitrogen and oxygen atoms in total. The van der Waals surface area contributed by atoms with Crippen molar-refractivity contribution in [2.75, 3.05) is 6.54 Å². The first kappa shape index (κ1) is 12.6. The largest absolute Gasteiger partial charge is 0.390 e. The zero-order chi connectivity index (χ0) is 12.1. The van der Waals surface area contributed by atoms with Gasteiger partial charge in [-0.2, -0.15) is 5.10 Å². The molecule has 2 N–H and O–H groups in total. The molecule has 1 unspecified atom stereocenters. The van der Waals surface area contributed by atoms with E-state index in [1.807, 2.05) is 12.3 Å². The van der Waals surface area contributed by atoms with E-state index in [2.05, 4.69) is 17.3 Å². The number of rotatable bonds is 5. The van der Waals surface area contributed by atoms with E-state index in [9.17, 15) is 5.11 Å². The highest BCUT2D eigenvalue weighted by Crippen LogP contribution is 2.27. The molecule has 1 aliphatic carbocycles. The lowest BCUT2D eigenvalue weighted by molar-refractivity contribution is 0.125. The Morgan fingerprint density at radius 2 is 2.18 bits per heavy atom. The Kier molecular flexibility index (Phi) is 4.18. The first-order valence-corrected chi connectivity index (χ1v) is 6.58. The molecule has 0 aliphatic heterocycles. The molecule has 1 aromatic rings. The van der Waals surface area contributed by atoms with Crippen LogP contribution in [-0.2, 0) is 6.54 Å². The topological polar surface area (TPSA) is 50.1 Å². The average Bonchev–Trinajstić information content (AvgIpc) is 2.80. The quantitative estimate of drug-likeness (QED) is 0.817. The smallest absolute Gasteiger partial charge is 0.0860 e. The van der Waals surface area contributed by atoms with Crippen LogP contribution in [0.5, 0.6) is 0 Å². The highest BCUT2D eigenvalue weighted by Gasteiger charge is 2.26. The Morgan fingerprint density at radius 3 is 2.82 bits per heavy atom. The van der Waals surface area contributed by atoms with Crippen LogP contribution in [0.2, 0.25) is 0 Å². The summed E-state index contributed by atoms with van der Waals surface area (Å²) >= 11 is 0. The van der Waals surface area contributed by atoms with Crippen LogP contribution in [0.25, 0.3) is 0 Å². The molecule has 0 amide bonds. The van der Waals surface area contributed by atoms with Gasteiger partial charge in [-0.15, -0.1) is 0 Å². The molecule has 1 saturated carbocycles. The number of hydrogen-bond donors (Lipinski definition) is 2. The third-order valence-corrected chi connectivity index (χ3v) is 3.68. The van der Waals surface area contributed by atoms with Gasteiger partial charge in [0.1, 0.15) is 0 Å². The number of β-amino-alcohol motifs (C(OH)–C–C–N with tert-alkyl or cyclic N) is 1. The average molecular weight is 237 g/mol. The van der Waals surface area contributed by atoms with E-state index in [4.69, 9.17) is 0 Å². The number of aliphatic hydroxyl groups excluding tert-OH is 1. The molecule has 0 aromatic carbocycles. The van der Waals surface area contributed by atoms with Gasteiger partial charge in [0.25, 0.3) is 0 Å². The van der Waals surface area contributed by atoms with Crippen LogP contribution in [0, 0.1) is 0 Å². The second-order valence-electron chi connectivity index (χ2n) is 5.38. The van der Waals surface area contributed by atoms with Gasteiger partial charge >= 0.3 is 0 Å². The molecule has 2 rings (SSSR count). The minimum atomic E-state index is -0.367. The molecular formula is C13H23N3O. The maximum atomic E-state index is 9.94. The lowest BCUT2D eigenvalue weighted by atomic mass is 9.83. The van der Waals surface area contributed by atoms with Crippen LogP contribution in [0.1, 0.15) is 39.0 Å². The fraction of sp³-hybridized carbons (Fsp3) is 0.769. The lowest BCUT2D eigenvalue weighted by Gasteiger charge is -2.35. The van der Waals surface area contributed by atoms with Crippen molar-refractivity contribution in [2.24, 2.45) is 0 Å². The van der Waals surface area contributed by atoms with E-state index < -0.39 is 0 Å². The summed E-state index contributed by atoms with van der Waals surface area (Å²) in [5, 5.41) is 17.6. The van der Waals surface area contributed by atoms with Gasteiger partial charge in [-0.05, 0) is 25.8 Å². The second-order valence-corrected chi connectivity index (χ2v) is 5.38. The summed E-state index contributed by atoms with van der Waals surface area (Å²) in [6, 6.07) is 1.88. The second kappa shape index (κ2) is 5.65. The van der Waals surface area contributed by atoms with Crippen molar-refractivity contribution in [3.8, 4) is 0 Å². The molecule has 1 aromatic heterocycles. The molecule has 0 saturated heterocycles. The van der Waals surface area contributed by atoms with Gasteiger partial charge in [-0.25, -0.2) is 0 Å². The van der Waals surface area contributed by atoms with Gasteiger partial charge in [0, 0.05) is 24.5 Å². The summed E-state index contributed by atoms with van der Waals surface area (Å²) in [4.78, 5) is 0. The fourth-order valence-corrected chi connectivity index (χ4v) is 2.56. The Morgan fingerprint density at radius 1 is 1.41 bits per heavy atom. The van der Waals surface area contributed by atoms with Gasteiger partial charge in [-0.3, -0.25) is 4.68 Å². The molecular weight excluding hydrogens is 214 g/mol. The monoisotopic (exact) mass is 237 g/mol. The van der Waals surface area contributed by atoms with E-state index in [1.54, 1.807) is 10.9 Å².